The normalized spacial score (nSPS) is 10.3. The Bertz CT molecular complexity index is 605. The maximum absolute atomic E-state index is 13.3. The summed E-state index contributed by atoms with van der Waals surface area (Å²) in [4.78, 5) is 16.3. The number of aromatic nitrogens is 1. The van der Waals surface area contributed by atoms with E-state index >= 15 is 0 Å². The zero-order valence-electron chi connectivity index (χ0n) is 10.8. The minimum Gasteiger partial charge on any atom is -0.464 e. The number of ether oxygens (including phenoxy) is 1. The van der Waals surface area contributed by atoms with Crippen LogP contribution in [0.3, 0.4) is 0 Å². The van der Waals surface area contributed by atoms with Crippen molar-refractivity contribution in [1.82, 2.24) is 4.98 Å². The average molecular weight is 280 g/mol. The van der Waals surface area contributed by atoms with Gasteiger partial charge >= 0.3 is 5.97 Å². The van der Waals surface area contributed by atoms with E-state index in [0.29, 0.717) is 10.8 Å². The molecule has 100 valence electrons. The van der Waals surface area contributed by atoms with E-state index < -0.39 is 5.97 Å². The lowest BCUT2D eigenvalue weighted by Crippen LogP contribution is -2.03. The van der Waals surface area contributed by atoms with Gasteiger partial charge in [-0.15, -0.1) is 11.3 Å². The van der Waals surface area contributed by atoms with Crippen LogP contribution in [0.15, 0.2) is 18.2 Å². The predicted octanol–water partition coefficient (Wildman–Crippen LogP) is 3.43. The molecule has 1 aromatic carbocycles. The van der Waals surface area contributed by atoms with Crippen LogP contribution in [-0.4, -0.2) is 18.1 Å². The molecule has 0 unspecified atom stereocenters. The van der Waals surface area contributed by atoms with Gasteiger partial charge in [-0.1, -0.05) is 0 Å². The number of rotatable bonds is 3. The summed E-state index contributed by atoms with van der Waals surface area (Å²) in [5.74, 6) is -0.791. The van der Waals surface area contributed by atoms with Crippen LogP contribution in [0, 0.1) is 19.7 Å². The average Bonchev–Trinajstić information content (AvgIpc) is 2.68. The topological polar surface area (TPSA) is 51.2 Å². The van der Waals surface area contributed by atoms with Crippen molar-refractivity contribution in [3.8, 4) is 0 Å². The number of nitrogens with zero attached hydrogens (tertiary/aromatic N) is 1. The fourth-order valence-corrected chi connectivity index (χ4v) is 2.49. The standard InChI is InChI=1S/C13H13FN2O2S/c1-7-4-9(14)6-10(5-7)15-13-16-11(8(2)19-13)12(17)18-3/h4-6H,1-3H3,(H,15,16). The lowest BCUT2D eigenvalue weighted by atomic mass is 10.2. The van der Waals surface area contributed by atoms with Crippen molar-refractivity contribution in [2.45, 2.75) is 13.8 Å². The maximum Gasteiger partial charge on any atom is 0.357 e. The van der Waals surface area contributed by atoms with Crippen LogP contribution in [0.25, 0.3) is 0 Å². The smallest absolute Gasteiger partial charge is 0.357 e. The highest BCUT2D eigenvalue weighted by atomic mass is 32.1. The third kappa shape index (κ3) is 3.08. The third-order valence-corrected chi connectivity index (χ3v) is 3.35. The molecule has 1 aromatic heterocycles. The fourth-order valence-electron chi connectivity index (χ4n) is 1.67. The van der Waals surface area contributed by atoms with Crippen LogP contribution in [0.2, 0.25) is 0 Å². The van der Waals surface area contributed by atoms with Crippen molar-refractivity contribution >= 4 is 28.1 Å². The van der Waals surface area contributed by atoms with Gasteiger partial charge in [0, 0.05) is 10.6 Å². The molecule has 0 amide bonds. The number of anilines is 2. The molecule has 0 atom stereocenters. The molecule has 1 N–H and O–H groups in total. The van der Waals surface area contributed by atoms with E-state index in [1.165, 1.54) is 30.6 Å². The van der Waals surface area contributed by atoms with Gasteiger partial charge in [-0.25, -0.2) is 14.2 Å². The van der Waals surface area contributed by atoms with Gasteiger partial charge in [0.25, 0.3) is 0 Å². The zero-order chi connectivity index (χ0) is 14.0. The molecule has 0 radical (unpaired) electrons. The second-order valence-electron chi connectivity index (χ2n) is 4.06. The summed E-state index contributed by atoms with van der Waals surface area (Å²) < 4.78 is 17.9. The number of hydrogen-bond acceptors (Lipinski definition) is 5. The van der Waals surface area contributed by atoms with Crippen LogP contribution >= 0.6 is 11.3 Å². The largest absolute Gasteiger partial charge is 0.464 e. The van der Waals surface area contributed by atoms with Crippen molar-refractivity contribution in [2.24, 2.45) is 0 Å². The first-order valence-electron chi connectivity index (χ1n) is 5.59. The molecule has 0 saturated heterocycles. The summed E-state index contributed by atoms with van der Waals surface area (Å²) in [7, 11) is 1.31. The molecule has 0 fully saturated rings. The van der Waals surface area contributed by atoms with Crippen molar-refractivity contribution in [2.75, 3.05) is 12.4 Å². The molecule has 0 spiro atoms. The molecule has 0 aliphatic rings. The number of carbonyl (C=O) groups excluding carboxylic acids is 1. The van der Waals surface area contributed by atoms with Gasteiger partial charge < -0.3 is 10.1 Å². The molecule has 2 rings (SSSR count). The second-order valence-corrected chi connectivity index (χ2v) is 5.26. The molecule has 19 heavy (non-hydrogen) atoms. The summed E-state index contributed by atoms with van der Waals surface area (Å²) in [5.41, 5.74) is 1.69. The lowest BCUT2D eigenvalue weighted by Gasteiger charge is -2.03. The van der Waals surface area contributed by atoms with Gasteiger partial charge in [0.1, 0.15) is 5.82 Å². The minimum absolute atomic E-state index is 0.281. The molecule has 0 aliphatic heterocycles. The fraction of sp³-hybridized carbons (Fsp3) is 0.231. The molecule has 0 saturated carbocycles. The Balaban J connectivity index is 2.26. The third-order valence-electron chi connectivity index (χ3n) is 2.47. The van der Waals surface area contributed by atoms with Crippen molar-refractivity contribution in [3.63, 3.8) is 0 Å². The van der Waals surface area contributed by atoms with Gasteiger partial charge in [0.05, 0.1) is 7.11 Å². The summed E-state index contributed by atoms with van der Waals surface area (Å²) in [6, 6.07) is 4.62. The summed E-state index contributed by atoms with van der Waals surface area (Å²) >= 11 is 1.32. The van der Waals surface area contributed by atoms with E-state index in [-0.39, 0.29) is 11.5 Å². The van der Waals surface area contributed by atoms with Crippen molar-refractivity contribution in [3.05, 3.63) is 40.2 Å². The van der Waals surface area contributed by atoms with Gasteiger partial charge in [-0.05, 0) is 37.6 Å². The minimum atomic E-state index is -0.475. The molecule has 4 nitrogen and oxygen atoms in total. The first-order valence-corrected chi connectivity index (χ1v) is 6.41. The lowest BCUT2D eigenvalue weighted by molar-refractivity contribution is 0.0594. The highest BCUT2D eigenvalue weighted by Crippen LogP contribution is 2.26. The monoisotopic (exact) mass is 280 g/mol. The van der Waals surface area contributed by atoms with Crippen molar-refractivity contribution < 1.29 is 13.9 Å². The van der Waals surface area contributed by atoms with E-state index in [4.69, 9.17) is 0 Å². The molecule has 0 bridgehead atoms. The Kier molecular flexibility index (Phi) is 3.80. The molecule has 1 heterocycles. The van der Waals surface area contributed by atoms with E-state index in [1.807, 2.05) is 0 Å². The van der Waals surface area contributed by atoms with Crippen LogP contribution in [0.4, 0.5) is 15.2 Å². The number of esters is 1. The van der Waals surface area contributed by atoms with Gasteiger partial charge in [0.2, 0.25) is 0 Å². The van der Waals surface area contributed by atoms with Crippen LogP contribution in [0.1, 0.15) is 20.9 Å². The Morgan fingerprint density at radius 2 is 2.11 bits per heavy atom. The molecular formula is C13H13FN2O2S. The van der Waals surface area contributed by atoms with E-state index in [9.17, 15) is 9.18 Å². The number of thiazole rings is 1. The van der Waals surface area contributed by atoms with Crippen molar-refractivity contribution in [1.29, 1.82) is 0 Å². The number of hydrogen-bond donors (Lipinski definition) is 1. The van der Waals surface area contributed by atoms with E-state index in [2.05, 4.69) is 15.0 Å². The van der Waals surface area contributed by atoms with Crippen LogP contribution in [0.5, 0.6) is 0 Å². The Morgan fingerprint density at radius 1 is 1.37 bits per heavy atom. The van der Waals surface area contributed by atoms with Crippen LogP contribution < -0.4 is 5.32 Å². The number of methoxy groups -OCH3 is 1. The second kappa shape index (κ2) is 5.36. The number of nitrogens with one attached hydrogen (secondary N) is 1. The Hall–Kier alpha value is -1.95. The van der Waals surface area contributed by atoms with Gasteiger partial charge in [-0.3, -0.25) is 0 Å². The van der Waals surface area contributed by atoms with E-state index in [1.54, 1.807) is 19.9 Å². The van der Waals surface area contributed by atoms with Crippen LogP contribution in [-0.2, 0) is 4.74 Å². The van der Waals surface area contributed by atoms with E-state index in [0.717, 1.165) is 10.4 Å². The predicted molar refractivity (Wildman–Crippen MR) is 72.6 cm³/mol. The summed E-state index contributed by atoms with van der Waals surface area (Å²) in [5, 5.41) is 3.52. The number of carbonyl (C=O) groups is 1. The highest BCUT2D eigenvalue weighted by Gasteiger charge is 2.15. The maximum atomic E-state index is 13.3. The molecule has 0 aliphatic carbocycles. The molecule has 6 heteroatoms. The summed E-state index contributed by atoms with van der Waals surface area (Å²) in [6.07, 6.45) is 0. The van der Waals surface area contributed by atoms with Gasteiger partial charge in [0.15, 0.2) is 10.8 Å². The number of benzene rings is 1. The quantitative estimate of drug-likeness (QED) is 0.875. The number of halogens is 1. The Morgan fingerprint density at radius 3 is 2.74 bits per heavy atom. The van der Waals surface area contributed by atoms with Gasteiger partial charge in [-0.2, -0.15) is 0 Å². The molecule has 2 aromatic rings. The first-order chi connectivity index (χ1) is 8.99. The number of aryl methyl sites for hydroxylation is 2. The Labute approximate surface area is 114 Å². The highest BCUT2D eigenvalue weighted by molar-refractivity contribution is 7.15. The zero-order valence-corrected chi connectivity index (χ0v) is 11.6. The SMILES string of the molecule is COC(=O)c1nc(Nc2cc(C)cc(F)c2)sc1C. The first kappa shape index (κ1) is 13.5. The summed E-state index contributed by atoms with van der Waals surface area (Å²) in [6.45, 7) is 3.59. The molecular weight excluding hydrogens is 267 g/mol.